The molecule has 4 rings (SSSR count). The molecule has 11 heteroatoms. The lowest BCUT2D eigenvalue weighted by atomic mass is 9.79. The lowest BCUT2D eigenvalue weighted by Crippen LogP contribution is -2.72. The molecule has 172 valence electrons. The van der Waals surface area contributed by atoms with E-state index in [0.29, 0.717) is 10.6 Å². The van der Waals surface area contributed by atoms with E-state index in [1.165, 1.54) is 17.4 Å². The molecule has 1 aliphatic rings. The number of furan rings is 1. The van der Waals surface area contributed by atoms with Crippen molar-refractivity contribution >= 4 is 23.4 Å². The molecule has 0 saturated carbocycles. The lowest BCUT2D eigenvalue weighted by Gasteiger charge is -2.44. The van der Waals surface area contributed by atoms with Crippen molar-refractivity contribution in [1.82, 2.24) is 10.6 Å². The second-order valence-corrected chi connectivity index (χ2v) is 7.84. The van der Waals surface area contributed by atoms with E-state index in [2.05, 4.69) is 5.32 Å². The van der Waals surface area contributed by atoms with Crippen LogP contribution in [0.1, 0.15) is 22.2 Å². The number of Topliss-reactive ketones (excluding diaryl/α,β-unsaturated/α-hetero) is 1. The molecule has 3 atom stereocenters. The molecular weight excluding hydrogens is 468 g/mol. The van der Waals surface area contributed by atoms with Crippen molar-refractivity contribution in [3.63, 3.8) is 0 Å². The number of hydrogen-bond donors (Lipinski definition) is 3. The fourth-order valence-corrected chi connectivity index (χ4v) is 3.88. The SMILES string of the molecule is O=C1N[C@@H](c2ccc(-c3cccc(Cl)c3)o2)[C@H](C(=O)c2ccc(F)cc2)[C@](O)(C(F)(F)F)N1. The molecular formula is C22H15ClF4N2O4. The first kappa shape index (κ1) is 22.8. The highest BCUT2D eigenvalue weighted by Crippen LogP contribution is 2.44. The minimum atomic E-state index is -5.42. The fourth-order valence-electron chi connectivity index (χ4n) is 3.69. The summed E-state index contributed by atoms with van der Waals surface area (Å²) >= 11 is 5.96. The van der Waals surface area contributed by atoms with E-state index in [-0.39, 0.29) is 17.1 Å². The maximum atomic E-state index is 13.9. The number of aliphatic hydroxyl groups is 1. The van der Waals surface area contributed by atoms with Crippen LogP contribution in [0.25, 0.3) is 11.3 Å². The van der Waals surface area contributed by atoms with Crippen molar-refractivity contribution in [2.75, 3.05) is 0 Å². The van der Waals surface area contributed by atoms with E-state index in [1.807, 2.05) is 0 Å². The first-order valence-electron chi connectivity index (χ1n) is 9.53. The number of amides is 2. The Hall–Kier alpha value is -3.37. The normalized spacial score (nSPS) is 23.0. The fraction of sp³-hybridized carbons (Fsp3) is 0.182. The van der Waals surface area contributed by atoms with Gasteiger partial charge in [-0.3, -0.25) is 4.79 Å². The van der Waals surface area contributed by atoms with Gasteiger partial charge in [0.15, 0.2) is 5.78 Å². The zero-order valence-electron chi connectivity index (χ0n) is 16.5. The zero-order chi connectivity index (χ0) is 24.0. The van der Waals surface area contributed by atoms with Gasteiger partial charge >= 0.3 is 12.2 Å². The van der Waals surface area contributed by atoms with E-state index < -0.39 is 41.5 Å². The average Bonchev–Trinajstić information content (AvgIpc) is 3.23. The Morgan fingerprint density at radius 1 is 1.09 bits per heavy atom. The van der Waals surface area contributed by atoms with E-state index in [0.717, 1.165) is 24.3 Å². The van der Waals surface area contributed by atoms with Crippen molar-refractivity contribution in [3.05, 3.63) is 82.8 Å². The quantitative estimate of drug-likeness (QED) is 0.366. The summed E-state index contributed by atoms with van der Waals surface area (Å²) in [7, 11) is 0. The third kappa shape index (κ3) is 4.19. The van der Waals surface area contributed by atoms with Gasteiger partial charge in [-0.25, -0.2) is 9.18 Å². The maximum Gasteiger partial charge on any atom is 0.437 e. The summed E-state index contributed by atoms with van der Waals surface area (Å²) in [6, 6.07) is 9.87. The number of benzene rings is 2. The first-order valence-corrected chi connectivity index (χ1v) is 9.90. The largest absolute Gasteiger partial charge is 0.459 e. The number of halogens is 5. The van der Waals surface area contributed by atoms with Crippen LogP contribution in [0.5, 0.6) is 0 Å². The van der Waals surface area contributed by atoms with Crippen LogP contribution in [0, 0.1) is 11.7 Å². The van der Waals surface area contributed by atoms with Gasteiger partial charge in [0.05, 0.1) is 0 Å². The molecule has 0 bridgehead atoms. The van der Waals surface area contributed by atoms with Crippen LogP contribution >= 0.6 is 11.6 Å². The second-order valence-electron chi connectivity index (χ2n) is 7.40. The summed E-state index contributed by atoms with van der Waals surface area (Å²) < 4.78 is 60.8. The summed E-state index contributed by atoms with van der Waals surface area (Å²) in [5, 5.41) is 14.6. The van der Waals surface area contributed by atoms with E-state index in [1.54, 1.807) is 24.3 Å². The third-order valence-corrected chi connectivity index (χ3v) is 5.50. The number of ketones is 1. The number of alkyl halides is 3. The van der Waals surface area contributed by atoms with Gasteiger partial charge < -0.3 is 20.2 Å². The molecule has 2 amide bonds. The van der Waals surface area contributed by atoms with Gasteiger partial charge in [-0.1, -0.05) is 23.7 Å². The van der Waals surface area contributed by atoms with Crippen LogP contribution in [-0.4, -0.2) is 28.8 Å². The lowest BCUT2D eigenvalue weighted by molar-refractivity contribution is -0.288. The summed E-state index contributed by atoms with van der Waals surface area (Å²) in [6.07, 6.45) is -5.42. The molecule has 1 fully saturated rings. The van der Waals surface area contributed by atoms with Crippen LogP contribution in [0.4, 0.5) is 22.4 Å². The Morgan fingerprint density at radius 2 is 1.79 bits per heavy atom. The van der Waals surface area contributed by atoms with E-state index in [9.17, 15) is 32.3 Å². The van der Waals surface area contributed by atoms with Crippen molar-refractivity contribution in [1.29, 1.82) is 0 Å². The highest BCUT2D eigenvalue weighted by Gasteiger charge is 2.66. The molecule has 2 heterocycles. The van der Waals surface area contributed by atoms with Gasteiger partial charge in [0.25, 0.3) is 0 Å². The number of rotatable bonds is 4. The summed E-state index contributed by atoms with van der Waals surface area (Å²) in [6.45, 7) is 0. The number of nitrogens with one attached hydrogen (secondary N) is 2. The topological polar surface area (TPSA) is 91.6 Å². The molecule has 0 unspecified atom stereocenters. The predicted octanol–water partition coefficient (Wildman–Crippen LogP) is 4.84. The van der Waals surface area contributed by atoms with Crippen LogP contribution < -0.4 is 10.6 Å². The molecule has 0 radical (unpaired) electrons. The van der Waals surface area contributed by atoms with Gasteiger partial charge in [-0.2, -0.15) is 13.2 Å². The number of hydrogen-bond acceptors (Lipinski definition) is 4. The van der Waals surface area contributed by atoms with Crippen LogP contribution in [0.2, 0.25) is 5.02 Å². The standard InChI is InChI=1S/C22H15ClF4N2O4/c23-13-3-1-2-12(10-13)15-8-9-16(33-15)18-17(19(30)11-4-6-14(24)7-5-11)21(32,22(25,26)27)29-20(31)28-18/h1-10,17-18,32H,(H2,28,29,31)/t17-,18+,21+/m1/s1. The molecule has 3 N–H and O–H groups in total. The molecule has 2 aromatic carbocycles. The van der Waals surface area contributed by atoms with E-state index in [4.69, 9.17) is 16.0 Å². The molecule has 6 nitrogen and oxygen atoms in total. The maximum absolute atomic E-state index is 13.9. The van der Waals surface area contributed by atoms with Crippen molar-refractivity contribution in [2.24, 2.45) is 5.92 Å². The minimum Gasteiger partial charge on any atom is -0.459 e. The first-order chi connectivity index (χ1) is 15.5. The Kier molecular flexibility index (Phi) is 5.67. The number of carbonyl (C=O) groups is 2. The smallest absolute Gasteiger partial charge is 0.437 e. The monoisotopic (exact) mass is 482 g/mol. The molecule has 1 aliphatic heterocycles. The van der Waals surface area contributed by atoms with Crippen LogP contribution in [-0.2, 0) is 0 Å². The highest BCUT2D eigenvalue weighted by molar-refractivity contribution is 6.30. The molecule has 33 heavy (non-hydrogen) atoms. The Bertz CT molecular complexity index is 1210. The zero-order valence-corrected chi connectivity index (χ0v) is 17.2. The van der Waals surface area contributed by atoms with Gasteiger partial charge in [-0.15, -0.1) is 0 Å². The van der Waals surface area contributed by atoms with Gasteiger partial charge in [-0.05, 0) is 48.5 Å². The van der Waals surface area contributed by atoms with Crippen molar-refractivity contribution in [2.45, 2.75) is 17.9 Å². The summed E-state index contributed by atoms with van der Waals surface area (Å²) in [4.78, 5) is 25.2. The highest BCUT2D eigenvalue weighted by atomic mass is 35.5. The van der Waals surface area contributed by atoms with Crippen molar-refractivity contribution in [3.8, 4) is 11.3 Å². The van der Waals surface area contributed by atoms with E-state index >= 15 is 0 Å². The van der Waals surface area contributed by atoms with Crippen LogP contribution in [0.15, 0.2) is 65.1 Å². The molecule has 1 aromatic heterocycles. The molecule has 3 aromatic rings. The Balaban J connectivity index is 1.81. The Morgan fingerprint density at radius 3 is 2.42 bits per heavy atom. The third-order valence-electron chi connectivity index (χ3n) is 5.26. The average molecular weight is 483 g/mol. The van der Waals surface area contributed by atoms with Gasteiger partial charge in [0.1, 0.15) is 29.3 Å². The number of urea groups is 1. The van der Waals surface area contributed by atoms with Crippen molar-refractivity contribution < 1.29 is 36.7 Å². The summed E-state index contributed by atoms with van der Waals surface area (Å²) in [5.41, 5.74) is -3.72. The molecule has 1 saturated heterocycles. The van der Waals surface area contributed by atoms with Gasteiger partial charge in [0, 0.05) is 16.1 Å². The predicted molar refractivity (Wildman–Crippen MR) is 109 cm³/mol. The number of carbonyl (C=O) groups excluding carboxylic acids is 2. The van der Waals surface area contributed by atoms with Crippen LogP contribution in [0.3, 0.4) is 0 Å². The van der Waals surface area contributed by atoms with Gasteiger partial charge in [0.2, 0.25) is 5.72 Å². The Labute approximate surface area is 189 Å². The minimum absolute atomic E-state index is 0.206. The summed E-state index contributed by atoms with van der Waals surface area (Å²) in [5.74, 6) is -4.18. The molecule has 0 spiro atoms. The second kappa shape index (κ2) is 8.20. The molecule has 0 aliphatic carbocycles.